The van der Waals surface area contributed by atoms with Crippen molar-refractivity contribution in [3.8, 4) is 16.9 Å². The van der Waals surface area contributed by atoms with E-state index < -0.39 is 0 Å². The van der Waals surface area contributed by atoms with Crippen LogP contribution in [0.2, 0.25) is 0 Å². The normalized spacial score (nSPS) is 18.4. The summed E-state index contributed by atoms with van der Waals surface area (Å²) in [6, 6.07) is 8.94. The maximum Gasteiger partial charge on any atom is 0.177 e. The van der Waals surface area contributed by atoms with E-state index in [0.29, 0.717) is 25.1 Å². The maximum atomic E-state index is 6.14. The highest BCUT2D eigenvalue weighted by Crippen LogP contribution is 2.39. The van der Waals surface area contributed by atoms with Gasteiger partial charge >= 0.3 is 0 Å². The van der Waals surface area contributed by atoms with Gasteiger partial charge in [0.2, 0.25) is 0 Å². The van der Waals surface area contributed by atoms with Crippen molar-refractivity contribution in [2.45, 2.75) is 51.1 Å². The van der Waals surface area contributed by atoms with E-state index >= 15 is 0 Å². The van der Waals surface area contributed by atoms with Crippen molar-refractivity contribution in [2.75, 3.05) is 36.6 Å². The second-order valence-electron chi connectivity index (χ2n) is 10.3. The third kappa shape index (κ3) is 4.48. The maximum absolute atomic E-state index is 6.14. The molecule has 0 unspecified atom stereocenters. The lowest BCUT2D eigenvalue weighted by Gasteiger charge is -2.27. The Kier molecular flexibility index (Phi) is 5.65. The van der Waals surface area contributed by atoms with Crippen molar-refractivity contribution >= 4 is 22.8 Å². The number of aromatic nitrogens is 5. The summed E-state index contributed by atoms with van der Waals surface area (Å²) in [5.74, 6) is 4.41. The number of hydrogen-bond acceptors (Lipinski definition) is 8. The number of benzene rings is 1. The van der Waals surface area contributed by atoms with Crippen LogP contribution in [0.15, 0.2) is 36.8 Å². The molecule has 2 aliphatic heterocycles. The van der Waals surface area contributed by atoms with E-state index in [1.807, 2.05) is 6.20 Å². The Bertz CT molecular complexity index is 1440. The van der Waals surface area contributed by atoms with E-state index in [1.54, 1.807) is 6.33 Å². The van der Waals surface area contributed by atoms with E-state index in [4.69, 9.17) is 9.47 Å². The summed E-state index contributed by atoms with van der Waals surface area (Å²) in [5.41, 5.74) is 6.16. The minimum Gasteiger partial charge on any atom is -0.491 e. The van der Waals surface area contributed by atoms with E-state index in [1.165, 1.54) is 12.8 Å². The summed E-state index contributed by atoms with van der Waals surface area (Å²) in [6.45, 7) is 5.75. The van der Waals surface area contributed by atoms with E-state index in [9.17, 15) is 0 Å². The predicted molar refractivity (Wildman–Crippen MR) is 142 cm³/mol. The molecular formula is C28H31N7O2. The highest BCUT2D eigenvalue weighted by Gasteiger charge is 2.27. The van der Waals surface area contributed by atoms with Gasteiger partial charge in [0.15, 0.2) is 5.65 Å². The zero-order chi connectivity index (χ0) is 24.8. The van der Waals surface area contributed by atoms with Gasteiger partial charge in [-0.3, -0.25) is 0 Å². The fraction of sp³-hybridized carbons (Fsp3) is 0.429. The number of fused-ring (bicyclic) bond motifs is 2. The van der Waals surface area contributed by atoms with Crippen molar-refractivity contribution in [3.05, 3.63) is 53.7 Å². The van der Waals surface area contributed by atoms with Crippen molar-refractivity contribution in [1.29, 1.82) is 0 Å². The molecule has 0 bridgehead atoms. The third-order valence-electron chi connectivity index (χ3n) is 7.61. The number of H-pyrrole nitrogens is 1. The molecule has 1 aliphatic carbocycles. The standard InChI is InChI=1S/C28H31N7O2/c1-17-25(32-22-6-9-36-10-7-22)30-16-31-28(17)35-8-11-37-24-5-4-19(12-21(24)15-35)20-13-23-27(29-14-20)34-26(33-23)18-2-3-18/h4-5,12-14,16,18,22H,2-3,6-11,15H2,1H3,(H,29,33,34)(H,30,31,32). The highest BCUT2D eigenvalue weighted by atomic mass is 16.5. The van der Waals surface area contributed by atoms with Gasteiger partial charge in [0.25, 0.3) is 0 Å². The first-order chi connectivity index (χ1) is 18.2. The summed E-state index contributed by atoms with van der Waals surface area (Å²) in [7, 11) is 0. The second-order valence-corrected chi connectivity index (χ2v) is 10.3. The van der Waals surface area contributed by atoms with Crippen molar-refractivity contribution < 1.29 is 9.47 Å². The number of imidazole rings is 1. The monoisotopic (exact) mass is 497 g/mol. The van der Waals surface area contributed by atoms with Crippen LogP contribution in [0.4, 0.5) is 11.6 Å². The molecule has 0 spiro atoms. The van der Waals surface area contributed by atoms with Crippen LogP contribution in [0.3, 0.4) is 0 Å². The third-order valence-corrected chi connectivity index (χ3v) is 7.61. The number of hydrogen-bond donors (Lipinski definition) is 2. The molecule has 9 heteroatoms. The number of nitrogens with zero attached hydrogens (tertiary/aromatic N) is 5. The molecule has 9 nitrogen and oxygen atoms in total. The number of anilines is 2. The lowest BCUT2D eigenvalue weighted by atomic mass is 10.0. The molecule has 37 heavy (non-hydrogen) atoms. The van der Waals surface area contributed by atoms with Crippen molar-refractivity contribution in [3.63, 3.8) is 0 Å². The molecule has 1 aromatic carbocycles. The lowest BCUT2D eigenvalue weighted by Crippen LogP contribution is -2.30. The van der Waals surface area contributed by atoms with Gasteiger partial charge in [-0.05, 0) is 56.4 Å². The molecule has 0 radical (unpaired) electrons. The van der Waals surface area contributed by atoms with Crippen LogP contribution in [0.5, 0.6) is 5.75 Å². The number of rotatable bonds is 5. The Morgan fingerprint density at radius 3 is 2.76 bits per heavy atom. The van der Waals surface area contributed by atoms with E-state index in [-0.39, 0.29) is 0 Å². The number of aromatic amines is 1. The summed E-state index contributed by atoms with van der Waals surface area (Å²) in [5, 5.41) is 3.62. The molecule has 1 saturated carbocycles. The van der Waals surface area contributed by atoms with Gasteiger partial charge in [0, 0.05) is 54.6 Å². The largest absolute Gasteiger partial charge is 0.491 e. The van der Waals surface area contributed by atoms with Crippen LogP contribution in [0.1, 0.15) is 48.6 Å². The fourth-order valence-electron chi connectivity index (χ4n) is 5.32. The first-order valence-corrected chi connectivity index (χ1v) is 13.2. The summed E-state index contributed by atoms with van der Waals surface area (Å²) in [6.07, 6.45) is 7.99. The molecule has 7 rings (SSSR count). The smallest absolute Gasteiger partial charge is 0.177 e. The molecule has 2 N–H and O–H groups in total. The molecule has 0 amide bonds. The zero-order valence-corrected chi connectivity index (χ0v) is 21.0. The average molecular weight is 498 g/mol. The molecule has 2 fully saturated rings. The van der Waals surface area contributed by atoms with Crippen LogP contribution in [0.25, 0.3) is 22.3 Å². The van der Waals surface area contributed by atoms with E-state index in [0.717, 1.165) is 89.2 Å². The Morgan fingerprint density at radius 1 is 1.00 bits per heavy atom. The Hall–Kier alpha value is -3.72. The first kappa shape index (κ1) is 22.5. The lowest BCUT2D eigenvalue weighted by molar-refractivity contribution is 0.0903. The molecule has 0 atom stereocenters. The SMILES string of the molecule is Cc1c(NC2CCOCC2)ncnc1N1CCOc2ccc(-c3cnc4nc(C5CC5)[nH]c4c3)cc2C1. The average Bonchev–Trinajstić information content (AvgIpc) is 3.72. The minimum absolute atomic E-state index is 0.382. The quantitative estimate of drug-likeness (QED) is 0.413. The van der Waals surface area contributed by atoms with E-state index in [2.05, 4.69) is 66.3 Å². The molecule has 3 aromatic heterocycles. The molecule has 5 heterocycles. The van der Waals surface area contributed by atoms with Crippen LogP contribution >= 0.6 is 0 Å². The van der Waals surface area contributed by atoms with Gasteiger partial charge in [-0.15, -0.1) is 0 Å². The number of nitrogens with one attached hydrogen (secondary N) is 2. The molecule has 3 aliphatic rings. The minimum atomic E-state index is 0.382. The summed E-state index contributed by atoms with van der Waals surface area (Å²) in [4.78, 5) is 24.3. The fourth-order valence-corrected chi connectivity index (χ4v) is 5.32. The van der Waals surface area contributed by atoms with Gasteiger partial charge in [-0.1, -0.05) is 6.07 Å². The van der Waals surface area contributed by atoms with Crippen LogP contribution in [-0.4, -0.2) is 57.3 Å². The zero-order valence-electron chi connectivity index (χ0n) is 21.0. The second kappa shape index (κ2) is 9.30. The van der Waals surface area contributed by atoms with Gasteiger partial charge in [-0.25, -0.2) is 19.9 Å². The highest BCUT2D eigenvalue weighted by molar-refractivity contribution is 5.78. The number of pyridine rings is 1. The molecule has 190 valence electrons. The topological polar surface area (TPSA) is 101 Å². The van der Waals surface area contributed by atoms with Crippen LogP contribution in [0, 0.1) is 6.92 Å². The van der Waals surface area contributed by atoms with Crippen molar-refractivity contribution in [1.82, 2.24) is 24.9 Å². The number of ether oxygens (including phenoxy) is 2. The summed E-state index contributed by atoms with van der Waals surface area (Å²) < 4.78 is 11.6. The van der Waals surface area contributed by atoms with Gasteiger partial charge in [0.1, 0.15) is 36.1 Å². The predicted octanol–water partition coefficient (Wildman–Crippen LogP) is 4.59. The Morgan fingerprint density at radius 2 is 1.89 bits per heavy atom. The Labute approximate surface area is 215 Å². The Balaban J connectivity index is 1.16. The molecular weight excluding hydrogens is 466 g/mol. The van der Waals surface area contributed by atoms with Gasteiger partial charge in [-0.2, -0.15) is 0 Å². The van der Waals surface area contributed by atoms with Crippen LogP contribution < -0.4 is 15.0 Å². The van der Waals surface area contributed by atoms with Gasteiger partial charge in [0.05, 0.1) is 12.1 Å². The van der Waals surface area contributed by atoms with Gasteiger partial charge < -0.3 is 24.7 Å². The molecule has 4 aromatic rings. The first-order valence-electron chi connectivity index (χ1n) is 13.2. The van der Waals surface area contributed by atoms with Crippen LogP contribution in [-0.2, 0) is 11.3 Å². The molecule has 1 saturated heterocycles. The van der Waals surface area contributed by atoms with Crippen molar-refractivity contribution in [2.24, 2.45) is 0 Å². The summed E-state index contributed by atoms with van der Waals surface area (Å²) >= 11 is 0.